The number of amides is 1. The lowest BCUT2D eigenvalue weighted by atomic mass is 10.2. The molecule has 6 heteroatoms. The van der Waals surface area contributed by atoms with Gasteiger partial charge in [0.15, 0.2) is 5.96 Å². The predicted octanol–water partition coefficient (Wildman–Crippen LogP) is 0.171. The molecule has 0 fully saturated rings. The Hall–Kier alpha value is -2.34. The molecule has 0 spiro atoms. The number of hydrogen-bond acceptors (Lipinski definition) is 3. The molecule has 0 aliphatic heterocycles. The van der Waals surface area contributed by atoms with Crippen LogP contribution in [0.2, 0.25) is 0 Å². The van der Waals surface area contributed by atoms with Crippen LogP contribution in [0.15, 0.2) is 35.3 Å². The second kappa shape index (κ2) is 5.33. The molecule has 0 unspecified atom stereocenters. The first kappa shape index (κ1) is 12.1. The fourth-order valence-electron chi connectivity index (χ4n) is 1.60. The number of aliphatic imine (C=N–C) groups is 1. The van der Waals surface area contributed by atoms with Gasteiger partial charge in [-0.3, -0.25) is 15.1 Å². The van der Waals surface area contributed by atoms with E-state index >= 15 is 0 Å². The van der Waals surface area contributed by atoms with Gasteiger partial charge in [-0.2, -0.15) is 0 Å². The van der Waals surface area contributed by atoms with E-state index in [4.69, 9.17) is 11.5 Å². The fourth-order valence-corrected chi connectivity index (χ4v) is 1.60. The third-order valence-electron chi connectivity index (χ3n) is 2.43. The standard InChI is InChI=1S/C12H15N5O/c13-5-6-15-12(14)17-11(18)10-7-8-3-1-2-4-9(8)16-10/h1-4,7,16H,5-6,13H2,(H3,14,15,17,18). The lowest BCUT2D eigenvalue weighted by Gasteiger charge is -2.01. The smallest absolute Gasteiger partial charge is 0.274 e. The predicted molar refractivity (Wildman–Crippen MR) is 71.3 cm³/mol. The minimum Gasteiger partial charge on any atom is -0.370 e. The molecule has 0 bridgehead atoms. The van der Waals surface area contributed by atoms with Gasteiger partial charge in [-0.05, 0) is 12.1 Å². The van der Waals surface area contributed by atoms with Crippen molar-refractivity contribution in [1.29, 1.82) is 0 Å². The van der Waals surface area contributed by atoms with Gasteiger partial charge >= 0.3 is 0 Å². The van der Waals surface area contributed by atoms with Crippen LogP contribution in [0.1, 0.15) is 10.5 Å². The first-order chi connectivity index (χ1) is 8.70. The molecule has 0 saturated carbocycles. The molecule has 1 aromatic heterocycles. The number of benzene rings is 1. The number of H-pyrrole nitrogens is 1. The molecule has 0 aliphatic rings. The summed E-state index contributed by atoms with van der Waals surface area (Å²) in [6.07, 6.45) is 0. The molecule has 6 nitrogen and oxygen atoms in total. The van der Waals surface area contributed by atoms with Crippen molar-refractivity contribution in [3.8, 4) is 0 Å². The number of para-hydroxylation sites is 1. The Morgan fingerprint density at radius 3 is 2.89 bits per heavy atom. The molecule has 94 valence electrons. The van der Waals surface area contributed by atoms with Crippen molar-refractivity contribution in [2.75, 3.05) is 13.1 Å². The number of nitrogens with two attached hydrogens (primary N) is 2. The van der Waals surface area contributed by atoms with Crippen LogP contribution in [0.3, 0.4) is 0 Å². The van der Waals surface area contributed by atoms with E-state index in [0.717, 1.165) is 10.9 Å². The molecule has 2 aromatic rings. The van der Waals surface area contributed by atoms with Crippen molar-refractivity contribution >= 4 is 22.8 Å². The molecule has 0 radical (unpaired) electrons. The van der Waals surface area contributed by atoms with E-state index in [0.29, 0.717) is 18.8 Å². The fraction of sp³-hybridized carbons (Fsp3) is 0.167. The topological polar surface area (TPSA) is 109 Å². The number of carbonyl (C=O) groups is 1. The summed E-state index contributed by atoms with van der Waals surface area (Å²) in [6, 6.07) is 9.40. The Kier molecular flexibility index (Phi) is 3.59. The van der Waals surface area contributed by atoms with E-state index < -0.39 is 0 Å². The normalized spacial score (nSPS) is 11.7. The number of fused-ring (bicyclic) bond motifs is 1. The van der Waals surface area contributed by atoms with E-state index in [2.05, 4.69) is 15.3 Å². The van der Waals surface area contributed by atoms with Crippen LogP contribution in [-0.4, -0.2) is 29.9 Å². The van der Waals surface area contributed by atoms with Gasteiger partial charge in [0.2, 0.25) is 0 Å². The largest absolute Gasteiger partial charge is 0.370 e. The zero-order chi connectivity index (χ0) is 13.0. The molecule has 0 aliphatic carbocycles. The number of nitrogens with one attached hydrogen (secondary N) is 2. The molecule has 2 rings (SSSR count). The Morgan fingerprint density at radius 2 is 2.17 bits per heavy atom. The molecule has 1 aromatic carbocycles. The van der Waals surface area contributed by atoms with Gasteiger partial charge in [-0.15, -0.1) is 0 Å². The second-order valence-electron chi connectivity index (χ2n) is 3.78. The summed E-state index contributed by atoms with van der Waals surface area (Å²) in [5.74, 6) is -0.242. The summed E-state index contributed by atoms with van der Waals surface area (Å²) in [4.78, 5) is 18.7. The Morgan fingerprint density at radius 1 is 1.39 bits per heavy atom. The van der Waals surface area contributed by atoms with Crippen LogP contribution in [0.5, 0.6) is 0 Å². The van der Waals surface area contributed by atoms with Crippen LogP contribution in [-0.2, 0) is 0 Å². The highest BCUT2D eigenvalue weighted by Gasteiger charge is 2.09. The van der Waals surface area contributed by atoms with Crippen molar-refractivity contribution in [2.45, 2.75) is 0 Å². The number of rotatable bonds is 3. The van der Waals surface area contributed by atoms with Gasteiger partial charge < -0.3 is 16.5 Å². The van der Waals surface area contributed by atoms with E-state index in [9.17, 15) is 4.79 Å². The first-order valence-corrected chi connectivity index (χ1v) is 5.60. The molecule has 1 heterocycles. The van der Waals surface area contributed by atoms with Crippen LogP contribution in [0.4, 0.5) is 0 Å². The molecular formula is C12H15N5O. The van der Waals surface area contributed by atoms with E-state index in [1.165, 1.54) is 0 Å². The van der Waals surface area contributed by atoms with Crippen molar-refractivity contribution < 1.29 is 4.79 Å². The second-order valence-corrected chi connectivity index (χ2v) is 3.78. The molecule has 0 saturated heterocycles. The number of aromatic nitrogens is 1. The maximum Gasteiger partial charge on any atom is 0.274 e. The zero-order valence-corrected chi connectivity index (χ0v) is 9.81. The van der Waals surface area contributed by atoms with Crippen molar-refractivity contribution in [3.05, 3.63) is 36.0 Å². The highest BCUT2D eigenvalue weighted by molar-refractivity contribution is 6.06. The van der Waals surface area contributed by atoms with Crippen molar-refractivity contribution in [3.63, 3.8) is 0 Å². The van der Waals surface area contributed by atoms with Crippen molar-refractivity contribution in [1.82, 2.24) is 10.3 Å². The van der Waals surface area contributed by atoms with Gasteiger partial charge in [0, 0.05) is 17.4 Å². The maximum atomic E-state index is 11.9. The summed E-state index contributed by atoms with van der Waals surface area (Å²) < 4.78 is 0. The van der Waals surface area contributed by atoms with Gasteiger partial charge in [0.25, 0.3) is 5.91 Å². The number of carbonyl (C=O) groups excluding carboxylic acids is 1. The summed E-state index contributed by atoms with van der Waals surface area (Å²) in [6.45, 7) is 0.780. The van der Waals surface area contributed by atoms with Gasteiger partial charge in [0.05, 0.1) is 6.54 Å². The van der Waals surface area contributed by atoms with Crippen LogP contribution in [0, 0.1) is 0 Å². The molecule has 0 atom stereocenters. The molecule has 6 N–H and O–H groups in total. The third-order valence-corrected chi connectivity index (χ3v) is 2.43. The van der Waals surface area contributed by atoms with Gasteiger partial charge in [-0.25, -0.2) is 0 Å². The monoisotopic (exact) mass is 245 g/mol. The zero-order valence-electron chi connectivity index (χ0n) is 9.81. The maximum absolute atomic E-state index is 11.9. The average molecular weight is 245 g/mol. The molecular weight excluding hydrogens is 230 g/mol. The van der Waals surface area contributed by atoms with Crippen molar-refractivity contribution in [2.24, 2.45) is 16.5 Å². The number of aromatic amines is 1. The summed E-state index contributed by atoms with van der Waals surface area (Å²) in [5, 5.41) is 3.47. The minimum absolute atomic E-state index is 0.0732. The third kappa shape index (κ3) is 2.67. The lowest BCUT2D eigenvalue weighted by molar-refractivity contribution is 0.0972. The minimum atomic E-state index is -0.315. The van der Waals surface area contributed by atoms with Crippen LogP contribution in [0.25, 0.3) is 10.9 Å². The summed E-state index contributed by atoms with van der Waals surface area (Å²) in [5.41, 5.74) is 12.2. The van der Waals surface area contributed by atoms with Crippen LogP contribution >= 0.6 is 0 Å². The average Bonchev–Trinajstić information content (AvgIpc) is 2.80. The lowest BCUT2D eigenvalue weighted by Crippen LogP contribution is -2.37. The number of nitrogens with zero attached hydrogens (tertiary/aromatic N) is 1. The quantitative estimate of drug-likeness (QED) is 0.457. The summed E-state index contributed by atoms with van der Waals surface area (Å²) >= 11 is 0. The molecule has 1 amide bonds. The highest BCUT2D eigenvalue weighted by atomic mass is 16.2. The van der Waals surface area contributed by atoms with Gasteiger partial charge in [0.1, 0.15) is 5.69 Å². The Balaban J connectivity index is 2.13. The Bertz CT molecular complexity index is 554. The number of hydrogen-bond donors (Lipinski definition) is 4. The molecule has 18 heavy (non-hydrogen) atoms. The first-order valence-electron chi connectivity index (χ1n) is 5.60. The van der Waals surface area contributed by atoms with E-state index in [1.54, 1.807) is 6.07 Å². The van der Waals surface area contributed by atoms with E-state index in [1.807, 2.05) is 24.3 Å². The van der Waals surface area contributed by atoms with Gasteiger partial charge in [-0.1, -0.05) is 18.2 Å². The Labute approximate surface area is 104 Å². The summed E-state index contributed by atoms with van der Waals surface area (Å²) in [7, 11) is 0. The SMILES string of the molecule is NCCN=C(N)NC(=O)c1cc2ccccc2[nH]1. The highest BCUT2D eigenvalue weighted by Crippen LogP contribution is 2.14. The van der Waals surface area contributed by atoms with Crippen LogP contribution < -0.4 is 16.8 Å². The van der Waals surface area contributed by atoms with E-state index in [-0.39, 0.29) is 11.9 Å². The number of guanidine groups is 1.